The van der Waals surface area contributed by atoms with Crippen LogP contribution in [0, 0.1) is 29.2 Å². The number of carbonyl (C=O) groups is 2. The van der Waals surface area contributed by atoms with E-state index in [9.17, 15) is 27.2 Å². The first-order valence-corrected chi connectivity index (χ1v) is 11.4. The molecule has 0 bridgehead atoms. The first-order chi connectivity index (χ1) is 15.3. The van der Waals surface area contributed by atoms with Gasteiger partial charge in [0.1, 0.15) is 5.69 Å². The number of hydrogen-bond donors (Lipinski definition) is 2. The molecule has 0 saturated heterocycles. The molecule has 1 atom stereocenters. The van der Waals surface area contributed by atoms with E-state index in [1.807, 2.05) is 5.32 Å². The average molecular weight is 469 g/mol. The molecule has 0 spiro atoms. The Labute approximate surface area is 188 Å². The summed E-state index contributed by atoms with van der Waals surface area (Å²) in [6.07, 6.45) is 5.25. The first kappa shape index (κ1) is 24.1. The van der Waals surface area contributed by atoms with Gasteiger partial charge in [-0.05, 0) is 37.5 Å². The number of hydrogen-bond acceptors (Lipinski definition) is 3. The van der Waals surface area contributed by atoms with Crippen LogP contribution in [-0.2, 0) is 9.59 Å². The number of halogens is 4. The summed E-state index contributed by atoms with van der Waals surface area (Å²) in [7, 11) is 0. The van der Waals surface area contributed by atoms with Crippen LogP contribution in [0.2, 0.25) is 0 Å². The van der Waals surface area contributed by atoms with Crippen molar-refractivity contribution in [2.75, 3.05) is 10.6 Å². The van der Waals surface area contributed by atoms with Crippen molar-refractivity contribution in [3.8, 4) is 0 Å². The van der Waals surface area contributed by atoms with Crippen LogP contribution < -0.4 is 10.6 Å². The van der Waals surface area contributed by atoms with E-state index in [4.69, 9.17) is 0 Å². The average Bonchev–Trinajstić information content (AvgIpc) is 2.79. The molecule has 1 aliphatic carbocycles. The lowest BCUT2D eigenvalue weighted by molar-refractivity contribution is -0.120. The Morgan fingerprint density at radius 2 is 1.66 bits per heavy atom. The number of carbonyl (C=O) groups excluding carboxylic acids is 2. The summed E-state index contributed by atoms with van der Waals surface area (Å²) in [4.78, 5) is 25.7. The Kier molecular flexibility index (Phi) is 8.17. The van der Waals surface area contributed by atoms with Crippen LogP contribution in [0.5, 0.6) is 0 Å². The van der Waals surface area contributed by atoms with Crippen molar-refractivity contribution in [3.63, 3.8) is 0 Å². The lowest BCUT2D eigenvalue weighted by Gasteiger charge is -2.21. The van der Waals surface area contributed by atoms with Crippen LogP contribution in [-0.4, -0.2) is 17.1 Å². The fraction of sp³-hybridized carbons (Fsp3) is 0.391. The molecule has 4 nitrogen and oxygen atoms in total. The van der Waals surface area contributed by atoms with E-state index in [-0.39, 0.29) is 24.3 Å². The fourth-order valence-electron chi connectivity index (χ4n) is 3.63. The highest BCUT2D eigenvalue weighted by Gasteiger charge is 2.25. The van der Waals surface area contributed by atoms with Crippen molar-refractivity contribution in [1.82, 2.24) is 0 Å². The van der Waals surface area contributed by atoms with Gasteiger partial charge in [-0.3, -0.25) is 9.59 Å². The highest BCUT2D eigenvalue weighted by atomic mass is 32.2. The van der Waals surface area contributed by atoms with Gasteiger partial charge >= 0.3 is 0 Å². The van der Waals surface area contributed by atoms with Gasteiger partial charge in [0, 0.05) is 22.6 Å². The van der Waals surface area contributed by atoms with Gasteiger partial charge < -0.3 is 10.6 Å². The van der Waals surface area contributed by atoms with E-state index in [1.54, 1.807) is 31.2 Å². The van der Waals surface area contributed by atoms with Crippen molar-refractivity contribution in [2.24, 2.45) is 5.92 Å². The van der Waals surface area contributed by atoms with Crippen molar-refractivity contribution in [2.45, 2.75) is 55.6 Å². The minimum absolute atomic E-state index is 0.00863. The second kappa shape index (κ2) is 10.8. The SMILES string of the molecule is CCC(Sc1cccc(NC(=O)C2CCCCC2)c1)C(=O)Nc1c(F)c(F)cc(F)c1F. The maximum atomic E-state index is 13.9. The minimum Gasteiger partial charge on any atom is -0.326 e. The van der Waals surface area contributed by atoms with Crippen LogP contribution in [0.15, 0.2) is 35.2 Å². The third kappa shape index (κ3) is 5.82. The van der Waals surface area contributed by atoms with Gasteiger partial charge in [-0.1, -0.05) is 32.3 Å². The van der Waals surface area contributed by atoms with Gasteiger partial charge in [-0.2, -0.15) is 0 Å². The maximum absolute atomic E-state index is 13.9. The number of amides is 2. The van der Waals surface area contributed by atoms with Gasteiger partial charge in [-0.25, -0.2) is 17.6 Å². The van der Waals surface area contributed by atoms with Crippen LogP contribution >= 0.6 is 11.8 Å². The first-order valence-electron chi connectivity index (χ1n) is 10.5. The molecule has 2 amide bonds. The number of rotatable bonds is 7. The predicted molar refractivity (Wildman–Crippen MR) is 116 cm³/mol. The summed E-state index contributed by atoms with van der Waals surface area (Å²) in [5.41, 5.74) is -0.565. The molecule has 1 fully saturated rings. The number of nitrogens with one attached hydrogen (secondary N) is 2. The summed E-state index contributed by atoms with van der Waals surface area (Å²) in [6.45, 7) is 1.70. The van der Waals surface area contributed by atoms with E-state index in [2.05, 4.69) is 5.32 Å². The highest BCUT2D eigenvalue weighted by Crippen LogP contribution is 2.31. The molecule has 0 aromatic heterocycles. The van der Waals surface area contributed by atoms with Gasteiger partial charge in [0.25, 0.3) is 0 Å². The molecule has 9 heteroatoms. The van der Waals surface area contributed by atoms with Crippen LogP contribution in [0.25, 0.3) is 0 Å². The second-order valence-corrected chi connectivity index (χ2v) is 8.98. The Morgan fingerprint density at radius 1 is 1.00 bits per heavy atom. The number of benzene rings is 2. The van der Waals surface area contributed by atoms with Gasteiger partial charge in [0.2, 0.25) is 11.8 Å². The van der Waals surface area contributed by atoms with Crippen molar-refractivity contribution >= 4 is 35.0 Å². The summed E-state index contributed by atoms with van der Waals surface area (Å²) >= 11 is 1.12. The van der Waals surface area contributed by atoms with Gasteiger partial charge in [0.15, 0.2) is 23.3 Å². The molecular formula is C23H24F4N2O2S. The zero-order chi connectivity index (χ0) is 23.3. The molecule has 0 aliphatic heterocycles. The second-order valence-electron chi connectivity index (χ2n) is 7.70. The molecule has 172 valence electrons. The summed E-state index contributed by atoms with van der Waals surface area (Å²) < 4.78 is 54.6. The summed E-state index contributed by atoms with van der Waals surface area (Å²) in [5.74, 6) is -7.35. The fourth-order valence-corrected chi connectivity index (χ4v) is 4.64. The molecule has 3 rings (SSSR count). The Balaban J connectivity index is 1.68. The monoisotopic (exact) mass is 468 g/mol. The van der Waals surface area contributed by atoms with Gasteiger partial charge in [0.05, 0.1) is 5.25 Å². The smallest absolute Gasteiger partial charge is 0.238 e. The molecule has 2 aromatic carbocycles. The minimum atomic E-state index is -1.66. The molecule has 32 heavy (non-hydrogen) atoms. The third-order valence-corrected chi connectivity index (χ3v) is 6.74. The molecule has 1 unspecified atom stereocenters. The van der Waals surface area contributed by atoms with Crippen LogP contribution in [0.1, 0.15) is 45.4 Å². The van der Waals surface area contributed by atoms with E-state index in [0.717, 1.165) is 43.9 Å². The zero-order valence-electron chi connectivity index (χ0n) is 17.5. The zero-order valence-corrected chi connectivity index (χ0v) is 18.3. The molecule has 0 heterocycles. The van der Waals surface area contributed by atoms with Crippen molar-refractivity contribution < 1.29 is 27.2 Å². The van der Waals surface area contributed by atoms with Crippen LogP contribution in [0.4, 0.5) is 28.9 Å². The molecule has 0 radical (unpaired) electrons. The van der Waals surface area contributed by atoms with Crippen molar-refractivity contribution in [1.29, 1.82) is 0 Å². The summed E-state index contributed by atoms with van der Waals surface area (Å²) in [5, 5.41) is 4.08. The number of anilines is 2. The molecule has 1 saturated carbocycles. The van der Waals surface area contributed by atoms with Crippen LogP contribution in [0.3, 0.4) is 0 Å². The lowest BCUT2D eigenvalue weighted by Crippen LogP contribution is -2.26. The van der Waals surface area contributed by atoms with E-state index < -0.39 is 40.1 Å². The molecule has 2 aromatic rings. The Bertz CT molecular complexity index is 970. The predicted octanol–water partition coefficient (Wildman–Crippen LogP) is 6.27. The van der Waals surface area contributed by atoms with Gasteiger partial charge in [-0.15, -0.1) is 11.8 Å². The lowest BCUT2D eigenvalue weighted by atomic mass is 9.88. The van der Waals surface area contributed by atoms with E-state index in [1.165, 1.54) is 0 Å². The quantitative estimate of drug-likeness (QED) is 0.286. The topological polar surface area (TPSA) is 58.2 Å². The number of thioether (sulfide) groups is 1. The molecule has 2 N–H and O–H groups in total. The maximum Gasteiger partial charge on any atom is 0.238 e. The van der Waals surface area contributed by atoms with E-state index in [0.29, 0.717) is 10.6 Å². The standard InChI is InChI=1S/C23H24F4N2O2S/c1-2-18(23(31)29-21-19(26)16(24)12-17(25)20(21)27)32-15-10-6-9-14(11-15)28-22(30)13-7-4-3-5-8-13/h6,9-13,18H,2-5,7-8H2,1H3,(H,28,30)(H,29,31). The molecule has 1 aliphatic rings. The molecular weight excluding hydrogens is 444 g/mol. The third-order valence-electron chi connectivity index (χ3n) is 5.38. The Morgan fingerprint density at radius 3 is 2.28 bits per heavy atom. The highest BCUT2D eigenvalue weighted by molar-refractivity contribution is 8.00. The summed E-state index contributed by atoms with van der Waals surface area (Å²) in [6, 6.07) is 7.00. The van der Waals surface area contributed by atoms with E-state index >= 15 is 0 Å². The largest absolute Gasteiger partial charge is 0.326 e. The normalized spacial score (nSPS) is 15.3. The van der Waals surface area contributed by atoms with Crippen molar-refractivity contribution in [3.05, 3.63) is 53.6 Å². The Hall–Kier alpha value is -2.55.